The zero-order valence-corrected chi connectivity index (χ0v) is 17.7. The average molecular weight is 434 g/mol. The first-order valence-corrected chi connectivity index (χ1v) is 10.5. The second-order valence-electron chi connectivity index (χ2n) is 8.25. The molecular formula is C22H30N2O7. The Bertz CT molecular complexity index is 791. The zero-order valence-electron chi connectivity index (χ0n) is 17.7. The Hall–Kier alpha value is -2.65. The molecule has 0 radical (unpaired) electrons. The Morgan fingerprint density at radius 3 is 2.55 bits per heavy atom. The van der Waals surface area contributed by atoms with Gasteiger partial charge < -0.3 is 29.5 Å². The molecule has 170 valence electrons. The number of esters is 1. The maximum absolute atomic E-state index is 12.7. The molecule has 3 aliphatic rings. The van der Waals surface area contributed by atoms with Gasteiger partial charge in [-0.1, -0.05) is 25.3 Å². The van der Waals surface area contributed by atoms with E-state index >= 15 is 0 Å². The van der Waals surface area contributed by atoms with Crippen LogP contribution in [0.15, 0.2) is 36.6 Å². The Balaban J connectivity index is 1.77. The topological polar surface area (TPSA) is 117 Å². The predicted octanol–water partition coefficient (Wildman–Crippen LogP) is 0.977. The van der Waals surface area contributed by atoms with Gasteiger partial charge in [-0.15, -0.1) is 0 Å². The molecule has 2 amide bonds. The number of nitrogens with zero attached hydrogens (tertiary/aromatic N) is 2. The van der Waals surface area contributed by atoms with Crippen LogP contribution in [0.3, 0.4) is 0 Å². The summed E-state index contributed by atoms with van der Waals surface area (Å²) in [6.45, 7) is 8.93. The lowest BCUT2D eigenvalue weighted by molar-refractivity contribution is -0.162. The van der Waals surface area contributed by atoms with E-state index in [-0.39, 0.29) is 49.4 Å². The number of hydrogen-bond donors (Lipinski definition) is 2. The van der Waals surface area contributed by atoms with Gasteiger partial charge in [0.05, 0.1) is 30.7 Å². The van der Waals surface area contributed by atoms with Crippen molar-refractivity contribution in [1.29, 1.82) is 0 Å². The smallest absolute Gasteiger partial charge is 0.410 e. The van der Waals surface area contributed by atoms with Gasteiger partial charge in [0.2, 0.25) is 5.91 Å². The number of hydrogen-bond acceptors (Lipinski definition) is 7. The van der Waals surface area contributed by atoms with Gasteiger partial charge in [-0.25, -0.2) is 9.59 Å². The molecule has 0 aromatic carbocycles. The fraction of sp³-hybridized carbons (Fsp3) is 0.591. The summed E-state index contributed by atoms with van der Waals surface area (Å²) in [6.07, 6.45) is 3.12. The maximum atomic E-state index is 12.7. The van der Waals surface area contributed by atoms with Crippen molar-refractivity contribution in [2.75, 3.05) is 26.4 Å². The standard InChI is InChI=1S/C22H30N2O7/c1-4-6-30-21(28)19-15(10-17-18(13(3)26)20(27)24(17)19)8-14-9-16(12-25)23(11-14)22(29)31-7-5-2/h4-5,13-14,16-18,25-26H,1-2,6-12H2,3H3/t13-,14+,16+,17-,18-/m1/s1. The number of β-lactam (4-membered cyclic amide) rings is 1. The molecule has 0 unspecified atom stereocenters. The van der Waals surface area contributed by atoms with Gasteiger partial charge in [0, 0.05) is 6.54 Å². The molecule has 2 N–H and O–H groups in total. The number of rotatable bonds is 9. The van der Waals surface area contributed by atoms with Crippen LogP contribution in [-0.2, 0) is 19.1 Å². The number of likely N-dealkylation sites (tertiary alicyclic amines) is 1. The van der Waals surface area contributed by atoms with Crippen LogP contribution in [0.25, 0.3) is 0 Å². The van der Waals surface area contributed by atoms with Crippen LogP contribution in [0.1, 0.15) is 26.2 Å². The van der Waals surface area contributed by atoms with Gasteiger partial charge in [0.25, 0.3) is 0 Å². The summed E-state index contributed by atoms with van der Waals surface area (Å²) in [7, 11) is 0. The highest BCUT2D eigenvalue weighted by molar-refractivity contribution is 6.00. The normalized spacial score (nSPS) is 28.2. The highest BCUT2D eigenvalue weighted by atomic mass is 16.6. The van der Waals surface area contributed by atoms with Crippen LogP contribution in [0.2, 0.25) is 0 Å². The van der Waals surface area contributed by atoms with Gasteiger partial charge >= 0.3 is 12.1 Å². The van der Waals surface area contributed by atoms with Gasteiger partial charge in [0.15, 0.2) is 0 Å². The number of amides is 2. The van der Waals surface area contributed by atoms with Crippen LogP contribution in [0.5, 0.6) is 0 Å². The first kappa shape index (κ1) is 23.0. The number of aliphatic hydroxyl groups excluding tert-OH is 2. The highest BCUT2D eigenvalue weighted by Gasteiger charge is 2.57. The van der Waals surface area contributed by atoms with Crippen LogP contribution in [-0.4, -0.2) is 82.5 Å². The molecule has 3 heterocycles. The average Bonchev–Trinajstić information content (AvgIpc) is 3.29. The Labute approximate surface area is 181 Å². The van der Waals surface area contributed by atoms with E-state index in [4.69, 9.17) is 9.47 Å². The molecule has 0 bridgehead atoms. The van der Waals surface area contributed by atoms with Crippen LogP contribution < -0.4 is 0 Å². The van der Waals surface area contributed by atoms with E-state index in [1.165, 1.54) is 22.0 Å². The number of aliphatic hydroxyl groups is 2. The van der Waals surface area contributed by atoms with Gasteiger partial charge in [0.1, 0.15) is 18.9 Å². The fourth-order valence-electron chi connectivity index (χ4n) is 4.85. The lowest BCUT2D eigenvalue weighted by atomic mass is 9.82. The molecule has 3 rings (SSSR count). The summed E-state index contributed by atoms with van der Waals surface area (Å²) in [5.41, 5.74) is 1.01. The van der Waals surface area contributed by atoms with Crippen molar-refractivity contribution in [3.63, 3.8) is 0 Å². The third-order valence-electron chi connectivity index (χ3n) is 6.15. The number of fused-ring (bicyclic) bond motifs is 1. The van der Waals surface area contributed by atoms with Crippen molar-refractivity contribution in [2.24, 2.45) is 11.8 Å². The third kappa shape index (κ3) is 4.38. The summed E-state index contributed by atoms with van der Waals surface area (Å²) in [5.74, 6) is -1.42. The quantitative estimate of drug-likeness (QED) is 0.316. The molecule has 9 nitrogen and oxygen atoms in total. The van der Waals surface area contributed by atoms with Crippen molar-refractivity contribution in [2.45, 2.75) is 44.4 Å². The van der Waals surface area contributed by atoms with E-state index in [0.717, 1.165) is 5.57 Å². The SMILES string of the molecule is C=CCOC(=O)C1=C(C[C@H]2C[C@@H](CO)N(C(=O)OCC=C)C2)C[C@@H]2[C@@H]([C@@H](C)O)C(=O)N12. The molecule has 3 aliphatic heterocycles. The minimum absolute atomic E-state index is 0.00978. The minimum Gasteiger partial charge on any atom is -0.457 e. The summed E-state index contributed by atoms with van der Waals surface area (Å²) >= 11 is 0. The summed E-state index contributed by atoms with van der Waals surface area (Å²) in [4.78, 5) is 40.5. The predicted molar refractivity (Wildman–Crippen MR) is 110 cm³/mol. The number of carbonyl (C=O) groups excluding carboxylic acids is 3. The molecule has 0 aromatic heterocycles. The maximum Gasteiger partial charge on any atom is 0.410 e. The first-order chi connectivity index (χ1) is 14.8. The number of carbonyl (C=O) groups is 3. The lowest BCUT2D eigenvalue weighted by Gasteiger charge is -2.44. The molecule has 2 fully saturated rings. The zero-order chi connectivity index (χ0) is 22.7. The second-order valence-corrected chi connectivity index (χ2v) is 8.25. The Morgan fingerprint density at radius 1 is 1.26 bits per heavy atom. The first-order valence-electron chi connectivity index (χ1n) is 10.5. The molecular weight excluding hydrogens is 404 g/mol. The van der Waals surface area contributed by atoms with Crippen LogP contribution >= 0.6 is 0 Å². The molecule has 0 aliphatic carbocycles. The van der Waals surface area contributed by atoms with E-state index in [0.29, 0.717) is 25.8 Å². The second kappa shape index (κ2) is 9.65. The summed E-state index contributed by atoms with van der Waals surface area (Å²) in [6, 6.07) is -0.637. The van der Waals surface area contributed by atoms with Crippen molar-refractivity contribution < 1.29 is 34.1 Å². The Morgan fingerprint density at radius 2 is 1.94 bits per heavy atom. The van der Waals surface area contributed by atoms with Crippen molar-refractivity contribution in [3.05, 3.63) is 36.6 Å². The highest BCUT2D eigenvalue weighted by Crippen LogP contribution is 2.46. The molecule has 5 atom stereocenters. The van der Waals surface area contributed by atoms with Crippen molar-refractivity contribution in [1.82, 2.24) is 9.80 Å². The van der Waals surface area contributed by atoms with Gasteiger partial charge in [-0.05, 0) is 37.7 Å². The van der Waals surface area contributed by atoms with E-state index in [9.17, 15) is 24.6 Å². The van der Waals surface area contributed by atoms with E-state index < -0.39 is 24.1 Å². The monoisotopic (exact) mass is 434 g/mol. The number of ether oxygens (including phenoxy) is 2. The molecule has 0 spiro atoms. The van der Waals surface area contributed by atoms with E-state index in [2.05, 4.69) is 13.2 Å². The fourth-order valence-corrected chi connectivity index (χ4v) is 4.85. The minimum atomic E-state index is -0.807. The summed E-state index contributed by atoms with van der Waals surface area (Å²) < 4.78 is 10.3. The molecule has 31 heavy (non-hydrogen) atoms. The van der Waals surface area contributed by atoms with Gasteiger partial charge in [-0.3, -0.25) is 4.79 Å². The van der Waals surface area contributed by atoms with Gasteiger partial charge in [-0.2, -0.15) is 0 Å². The molecule has 0 saturated carbocycles. The molecule has 9 heteroatoms. The van der Waals surface area contributed by atoms with E-state index in [1.807, 2.05) is 0 Å². The van der Waals surface area contributed by atoms with E-state index in [1.54, 1.807) is 6.92 Å². The Kier molecular flexibility index (Phi) is 7.17. The summed E-state index contributed by atoms with van der Waals surface area (Å²) in [5, 5.41) is 19.7. The molecule has 0 aromatic rings. The van der Waals surface area contributed by atoms with Crippen LogP contribution in [0, 0.1) is 11.8 Å². The largest absolute Gasteiger partial charge is 0.457 e. The molecule has 2 saturated heterocycles. The van der Waals surface area contributed by atoms with Crippen LogP contribution in [0.4, 0.5) is 4.79 Å². The van der Waals surface area contributed by atoms with Crippen molar-refractivity contribution in [3.8, 4) is 0 Å². The third-order valence-corrected chi connectivity index (χ3v) is 6.15. The lowest BCUT2D eigenvalue weighted by Crippen LogP contribution is -2.61. The van der Waals surface area contributed by atoms with Crippen molar-refractivity contribution >= 4 is 18.0 Å².